The number of amides is 1. The summed E-state index contributed by atoms with van der Waals surface area (Å²) in [4.78, 5) is 12.0. The summed E-state index contributed by atoms with van der Waals surface area (Å²) in [5.74, 6) is 0. The molecule has 0 rings (SSSR count). The highest BCUT2D eigenvalue weighted by Crippen LogP contribution is 2.37. The first-order valence-electron chi connectivity index (χ1n) is 8.67. The lowest BCUT2D eigenvalue weighted by Crippen LogP contribution is -2.50. The van der Waals surface area contributed by atoms with E-state index in [1.807, 2.05) is 6.92 Å². The maximum Gasteiger partial charge on any atom is 0.409 e. The van der Waals surface area contributed by atoms with Gasteiger partial charge in [0.25, 0.3) is 10.1 Å². The number of ether oxygens (including phenoxy) is 1. The smallest absolute Gasteiger partial charge is 0.409 e. The Morgan fingerprint density at radius 1 is 1.24 bits per heavy atom. The van der Waals surface area contributed by atoms with Crippen molar-refractivity contribution in [1.29, 1.82) is 0 Å². The molecule has 2 unspecified atom stereocenters. The van der Waals surface area contributed by atoms with Gasteiger partial charge in [-0.3, -0.25) is 9.50 Å². The van der Waals surface area contributed by atoms with Gasteiger partial charge in [-0.15, -0.1) is 0 Å². The lowest BCUT2D eigenvalue weighted by atomic mass is 10.2. The fourth-order valence-corrected chi connectivity index (χ4v) is 3.69. The van der Waals surface area contributed by atoms with E-state index in [0.717, 1.165) is 19.1 Å². The van der Waals surface area contributed by atoms with Crippen molar-refractivity contribution < 1.29 is 26.6 Å². The van der Waals surface area contributed by atoms with Gasteiger partial charge in [0, 0.05) is 6.42 Å². The number of carbonyl (C=O) groups excluding carboxylic acids is 1. The Kier molecular flexibility index (Phi) is 9.64. The molecule has 0 bridgehead atoms. The van der Waals surface area contributed by atoms with Crippen LogP contribution in [0.25, 0.3) is 0 Å². The molecule has 0 aromatic heterocycles. The van der Waals surface area contributed by atoms with Crippen molar-refractivity contribution in [3.05, 3.63) is 0 Å². The topological polar surface area (TPSA) is 90.9 Å². The van der Waals surface area contributed by atoms with E-state index in [4.69, 9.17) is 13.3 Å². The maximum atomic E-state index is 12.0. The van der Waals surface area contributed by atoms with Crippen molar-refractivity contribution >= 4 is 24.5 Å². The van der Waals surface area contributed by atoms with Gasteiger partial charge in [0.1, 0.15) is 6.23 Å². The summed E-state index contributed by atoms with van der Waals surface area (Å²) in [5, 5.41) is 2.64. The quantitative estimate of drug-likeness (QED) is 0.262. The van der Waals surface area contributed by atoms with E-state index in [1.165, 1.54) is 0 Å². The molecule has 0 aromatic rings. The molecule has 0 aliphatic rings. The standard InChI is InChI=1S/C16H35NO6SSi/c1-9-10-11-21-15(18)17-14(12-13(2)22-24(6,19)20)23-25(7,8)16(3,4)5/h13-14H,9-12H2,1-8H3,(H,17,18). The summed E-state index contributed by atoms with van der Waals surface area (Å²) in [6.45, 7) is 14.4. The summed E-state index contributed by atoms with van der Waals surface area (Å²) < 4.78 is 38.9. The van der Waals surface area contributed by atoms with E-state index in [-0.39, 0.29) is 11.5 Å². The van der Waals surface area contributed by atoms with Gasteiger partial charge < -0.3 is 9.16 Å². The van der Waals surface area contributed by atoms with Crippen LogP contribution in [0.5, 0.6) is 0 Å². The molecule has 1 N–H and O–H groups in total. The number of hydrogen-bond donors (Lipinski definition) is 1. The third-order valence-corrected chi connectivity index (χ3v) is 9.30. The molecule has 0 aliphatic heterocycles. The van der Waals surface area contributed by atoms with Crippen molar-refractivity contribution in [2.75, 3.05) is 12.9 Å². The molecule has 0 spiro atoms. The molecule has 0 saturated carbocycles. The Bertz CT molecular complexity index is 515. The van der Waals surface area contributed by atoms with Crippen LogP contribution in [-0.4, -0.2) is 48.0 Å². The van der Waals surface area contributed by atoms with Gasteiger partial charge >= 0.3 is 6.09 Å². The van der Waals surface area contributed by atoms with Gasteiger partial charge in [-0.05, 0) is 31.5 Å². The van der Waals surface area contributed by atoms with Gasteiger partial charge in [-0.25, -0.2) is 4.79 Å². The van der Waals surface area contributed by atoms with Crippen molar-refractivity contribution in [3.63, 3.8) is 0 Å². The summed E-state index contributed by atoms with van der Waals surface area (Å²) in [6, 6.07) is 0. The Balaban J connectivity index is 5.01. The first-order valence-corrected chi connectivity index (χ1v) is 13.4. The molecule has 150 valence electrons. The summed E-state index contributed by atoms with van der Waals surface area (Å²) >= 11 is 0. The highest BCUT2D eigenvalue weighted by atomic mass is 32.2. The SMILES string of the molecule is CCCCOC(=O)NC(CC(C)OS(C)(=O)=O)O[Si](C)(C)C(C)(C)C. The number of carbonyl (C=O) groups is 1. The van der Waals surface area contributed by atoms with Crippen LogP contribution in [0.15, 0.2) is 0 Å². The van der Waals surface area contributed by atoms with Crippen LogP contribution in [0.2, 0.25) is 18.1 Å². The van der Waals surface area contributed by atoms with E-state index in [9.17, 15) is 13.2 Å². The molecule has 0 saturated heterocycles. The van der Waals surface area contributed by atoms with E-state index in [2.05, 4.69) is 39.2 Å². The van der Waals surface area contributed by atoms with Gasteiger partial charge in [-0.1, -0.05) is 34.1 Å². The summed E-state index contributed by atoms with van der Waals surface area (Å²) in [7, 11) is -5.75. The molecule has 0 radical (unpaired) electrons. The van der Waals surface area contributed by atoms with Crippen LogP contribution >= 0.6 is 0 Å². The fraction of sp³-hybridized carbons (Fsp3) is 0.938. The molecule has 9 heteroatoms. The Labute approximate surface area is 154 Å². The van der Waals surface area contributed by atoms with E-state index in [0.29, 0.717) is 6.61 Å². The Morgan fingerprint density at radius 3 is 2.24 bits per heavy atom. The molecule has 0 heterocycles. The van der Waals surface area contributed by atoms with Crippen molar-refractivity contribution in [3.8, 4) is 0 Å². The molecule has 0 aliphatic carbocycles. The summed E-state index contributed by atoms with van der Waals surface area (Å²) in [6.07, 6.45) is 1.06. The molecule has 7 nitrogen and oxygen atoms in total. The Morgan fingerprint density at radius 2 is 1.80 bits per heavy atom. The van der Waals surface area contributed by atoms with Crippen LogP contribution < -0.4 is 5.32 Å². The van der Waals surface area contributed by atoms with Crippen molar-refractivity contribution in [2.24, 2.45) is 0 Å². The molecule has 2 atom stereocenters. The van der Waals surface area contributed by atoms with Crippen LogP contribution in [0.4, 0.5) is 4.79 Å². The number of rotatable bonds is 10. The average molecular weight is 398 g/mol. The monoisotopic (exact) mass is 397 g/mol. The first-order chi connectivity index (χ1) is 11.2. The molecule has 1 amide bonds. The molecule has 0 aromatic carbocycles. The van der Waals surface area contributed by atoms with E-state index < -0.39 is 36.9 Å². The average Bonchev–Trinajstić information content (AvgIpc) is 2.34. The number of unbranched alkanes of at least 4 members (excludes halogenated alkanes) is 1. The predicted octanol–water partition coefficient (Wildman–Crippen LogP) is 3.62. The third-order valence-electron chi connectivity index (χ3n) is 4.14. The fourth-order valence-electron chi connectivity index (χ4n) is 1.79. The molecular weight excluding hydrogens is 362 g/mol. The largest absolute Gasteiger partial charge is 0.450 e. The predicted molar refractivity (Wildman–Crippen MR) is 101 cm³/mol. The van der Waals surface area contributed by atoms with Gasteiger partial charge in [0.05, 0.1) is 19.0 Å². The second-order valence-corrected chi connectivity index (χ2v) is 14.2. The second-order valence-electron chi connectivity index (χ2n) is 7.85. The molecular formula is C16H35NO6SSi. The minimum Gasteiger partial charge on any atom is -0.450 e. The highest BCUT2D eigenvalue weighted by molar-refractivity contribution is 7.86. The number of nitrogens with one attached hydrogen (secondary N) is 1. The van der Waals surface area contributed by atoms with E-state index in [1.54, 1.807) is 6.92 Å². The zero-order chi connectivity index (χ0) is 19.9. The second kappa shape index (κ2) is 9.89. The minimum atomic E-state index is -3.58. The molecule has 0 fully saturated rings. The first kappa shape index (κ1) is 24.4. The summed E-state index contributed by atoms with van der Waals surface area (Å²) in [5.41, 5.74) is 0. The zero-order valence-corrected chi connectivity index (χ0v) is 18.7. The highest BCUT2D eigenvalue weighted by Gasteiger charge is 2.40. The van der Waals surface area contributed by atoms with Crippen molar-refractivity contribution in [2.45, 2.75) is 84.3 Å². The van der Waals surface area contributed by atoms with Gasteiger partial charge in [0.15, 0.2) is 8.32 Å². The lowest BCUT2D eigenvalue weighted by molar-refractivity contribution is 0.0744. The Hall–Kier alpha value is -0.643. The molecule has 25 heavy (non-hydrogen) atoms. The third kappa shape index (κ3) is 10.8. The van der Waals surface area contributed by atoms with Crippen LogP contribution in [0.3, 0.4) is 0 Å². The van der Waals surface area contributed by atoms with Crippen LogP contribution in [0.1, 0.15) is 53.9 Å². The number of alkyl carbamates (subject to hydrolysis) is 1. The van der Waals surface area contributed by atoms with Gasteiger partial charge in [0.2, 0.25) is 0 Å². The lowest BCUT2D eigenvalue weighted by Gasteiger charge is -2.39. The normalized spacial score (nSPS) is 15.5. The van der Waals surface area contributed by atoms with Crippen LogP contribution in [-0.2, 0) is 23.5 Å². The van der Waals surface area contributed by atoms with E-state index >= 15 is 0 Å². The van der Waals surface area contributed by atoms with Crippen molar-refractivity contribution in [1.82, 2.24) is 5.32 Å². The zero-order valence-electron chi connectivity index (χ0n) is 16.8. The van der Waals surface area contributed by atoms with Gasteiger partial charge in [-0.2, -0.15) is 8.42 Å². The maximum absolute atomic E-state index is 12.0. The minimum absolute atomic E-state index is 0.0556. The number of hydrogen-bond acceptors (Lipinski definition) is 6. The van der Waals surface area contributed by atoms with Crippen LogP contribution in [0, 0.1) is 0 Å².